The Hall–Kier alpha value is -3.12. The molecule has 0 aliphatic heterocycles. The van der Waals surface area contributed by atoms with Crippen molar-refractivity contribution in [2.45, 2.75) is 12.3 Å². The number of hydrogen-bond donors (Lipinski definition) is 0. The SMILES string of the molecule is C=CC1=C(/C=C\C)c2ccccc2C12c1ccccc1-c1ccccc12. The van der Waals surface area contributed by atoms with Gasteiger partial charge < -0.3 is 0 Å². The molecule has 0 unspecified atom stereocenters. The van der Waals surface area contributed by atoms with E-state index in [-0.39, 0.29) is 5.41 Å². The summed E-state index contributed by atoms with van der Waals surface area (Å²) in [6, 6.07) is 26.5. The minimum absolute atomic E-state index is 0.264. The van der Waals surface area contributed by atoms with Gasteiger partial charge in [0.1, 0.15) is 0 Å². The summed E-state index contributed by atoms with van der Waals surface area (Å²) >= 11 is 0. The molecule has 0 heterocycles. The summed E-state index contributed by atoms with van der Waals surface area (Å²) in [5, 5.41) is 0. The summed E-state index contributed by atoms with van der Waals surface area (Å²) in [5.74, 6) is 0. The molecule has 124 valence electrons. The smallest absolute Gasteiger partial charge is 0.0725 e. The normalized spacial score (nSPS) is 16.0. The molecule has 2 aliphatic carbocycles. The lowest BCUT2D eigenvalue weighted by atomic mass is 9.69. The molecule has 0 radical (unpaired) electrons. The van der Waals surface area contributed by atoms with Gasteiger partial charge in [0.15, 0.2) is 0 Å². The van der Waals surface area contributed by atoms with E-state index in [4.69, 9.17) is 0 Å². The van der Waals surface area contributed by atoms with Crippen LogP contribution in [-0.4, -0.2) is 0 Å². The molecule has 0 amide bonds. The Morgan fingerprint density at radius 3 is 1.65 bits per heavy atom. The van der Waals surface area contributed by atoms with Crippen molar-refractivity contribution in [3.05, 3.63) is 125 Å². The highest BCUT2D eigenvalue weighted by Gasteiger charge is 2.51. The van der Waals surface area contributed by atoms with E-state index in [2.05, 4.69) is 105 Å². The first-order chi connectivity index (χ1) is 12.8. The van der Waals surface area contributed by atoms with Crippen LogP contribution in [0.4, 0.5) is 0 Å². The van der Waals surface area contributed by atoms with Crippen LogP contribution in [0.25, 0.3) is 16.7 Å². The molecule has 0 aromatic heterocycles. The minimum Gasteiger partial charge on any atom is -0.0987 e. The molecule has 1 spiro atoms. The van der Waals surface area contributed by atoms with Crippen LogP contribution in [0.3, 0.4) is 0 Å². The first kappa shape index (κ1) is 15.2. The summed E-state index contributed by atoms with van der Waals surface area (Å²) < 4.78 is 0. The van der Waals surface area contributed by atoms with E-state index in [0.29, 0.717) is 0 Å². The molecule has 0 saturated carbocycles. The van der Waals surface area contributed by atoms with Gasteiger partial charge in [-0.3, -0.25) is 0 Å². The molecule has 3 aromatic rings. The van der Waals surface area contributed by atoms with Gasteiger partial charge in [0.05, 0.1) is 5.41 Å². The lowest BCUT2D eigenvalue weighted by molar-refractivity contribution is 0.786. The van der Waals surface area contributed by atoms with E-state index in [1.54, 1.807) is 0 Å². The van der Waals surface area contributed by atoms with E-state index in [0.717, 1.165) is 0 Å². The van der Waals surface area contributed by atoms with Crippen molar-refractivity contribution < 1.29 is 0 Å². The summed E-state index contributed by atoms with van der Waals surface area (Å²) in [6.45, 7) is 6.31. The predicted molar refractivity (Wildman–Crippen MR) is 110 cm³/mol. The molecule has 2 aliphatic rings. The first-order valence-electron chi connectivity index (χ1n) is 9.13. The van der Waals surface area contributed by atoms with Gasteiger partial charge in [0.2, 0.25) is 0 Å². The van der Waals surface area contributed by atoms with Crippen molar-refractivity contribution in [2.75, 3.05) is 0 Å². The summed E-state index contributed by atoms with van der Waals surface area (Å²) in [6.07, 6.45) is 6.42. The van der Waals surface area contributed by atoms with Crippen LogP contribution < -0.4 is 0 Å². The zero-order chi connectivity index (χ0) is 17.7. The Morgan fingerprint density at radius 1 is 0.692 bits per heavy atom. The van der Waals surface area contributed by atoms with Gasteiger partial charge in [-0.25, -0.2) is 0 Å². The molecule has 0 N–H and O–H groups in total. The Balaban J connectivity index is 2.02. The fraction of sp³-hybridized carbons (Fsp3) is 0.0769. The molecular formula is C26H20. The molecule has 26 heavy (non-hydrogen) atoms. The van der Waals surface area contributed by atoms with Gasteiger partial charge in [-0.05, 0) is 51.5 Å². The Labute approximate surface area is 154 Å². The van der Waals surface area contributed by atoms with Crippen LogP contribution in [-0.2, 0) is 5.41 Å². The number of allylic oxidation sites excluding steroid dienone is 5. The second kappa shape index (κ2) is 5.44. The monoisotopic (exact) mass is 332 g/mol. The van der Waals surface area contributed by atoms with Crippen LogP contribution in [0.5, 0.6) is 0 Å². The Bertz CT molecular complexity index is 1060. The van der Waals surface area contributed by atoms with Crippen LogP contribution in [0.1, 0.15) is 29.2 Å². The van der Waals surface area contributed by atoms with E-state index in [9.17, 15) is 0 Å². The van der Waals surface area contributed by atoms with Crippen LogP contribution in [0.2, 0.25) is 0 Å². The molecule has 3 aromatic carbocycles. The largest absolute Gasteiger partial charge is 0.0987 e. The highest BCUT2D eigenvalue weighted by Crippen LogP contribution is 2.61. The Morgan fingerprint density at radius 2 is 1.15 bits per heavy atom. The van der Waals surface area contributed by atoms with Gasteiger partial charge in [0, 0.05) is 0 Å². The molecular weight excluding hydrogens is 312 g/mol. The summed E-state index contributed by atoms with van der Waals surface area (Å²) in [5.41, 5.74) is 10.4. The highest BCUT2D eigenvalue weighted by atomic mass is 14.5. The molecule has 0 atom stereocenters. The summed E-state index contributed by atoms with van der Waals surface area (Å²) in [7, 11) is 0. The predicted octanol–water partition coefficient (Wildman–Crippen LogP) is 6.53. The van der Waals surface area contributed by atoms with Crippen molar-refractivity contribution in [1.29, 1.82) is 0 Å². The number of fused-ring (bicyclic) bond motifs is 7. The van der Waals surface area contributed by atoms with Gasteiger partial charge >= 0.3 is 0 Å². The molecule has 0 saturated heterocycles. The second-order valence-corrected chi connectivity index (χ2v) is 6.92. The third kappa shape index (κ3) is 1.64. The van der Waals surface area contributed by atoms with Gasteiger partial charge in [-0.1, -0.05) is 97.6 Å². The molecule has 5 rings (SSSR count). The quantitative estimate of drug-likeness (QED) is 0.500. The average Bonchev–Trinajstić information content (AvgIpc) is 3.15. The minimum atomic E-state index is -0.264. The van der Waals surface area contributed by atoms with Crippen molar-refractivity contribution in [2.24, 2.45) is 0 Å². The van der Waals surface area contributed by atoms with E-state index in [1.807, 2.05) is 0 Å². The fourth-order valence-electron chi connectivity index (χ4n) is 4.96. The van der Waals surface area contributed by atoms with Gasteiger partial charge in [-0.15, -0.1) is 0 Å². The van der Waals surface area contributed by atoms with Crippen LogP contribution in [0, 0.1) is 0 Å². The molecule has 0 nitrogen and oxygen atoms in total. The van der Waals surface area contributed by atoms with Gasteiger partial charge in [-0.2, -0.15) is 0 Å². The fourth-order valence-corrected chi connectivity index (χ4v) is 4.96. The Kier molecular flexibility index (Phi) is 3.17. The topological polar surface area (TPSA) is 0 Å². The zero-order valence-electron chi connectivity index (χ0n) is 14.9. The maximum atomic E-state index is 4.23. The van der Waals surface area contributed by atoms with Crippen LogP contribution in [0.15, 0.2) is 103 Å². The average molecular weight is 332 g/mol. The maximum Gasteiger partial charge on any atom is 0.0725 e. The van der Waals surface area contributed by atoms with E-state index < -0.39 is 0 Å². The molecule has 0 fully saturated rings. The highest BCUT2D eigenvalue weighted by molar-refractivity contribution is 5.97. The van der Waals surface area contributed by atoms with Gasteiger partial charge in [0.25, 0.3) is 0 Å². The van der Waals surface area contributed by atoms with Crippen LogP contribution >= 0.6 is 0 Å². The zero-order valence-corrected chi connectivity index (χ0v) is 14.9. The number of hydrogen-bond acceptors (Lipinski definition) is 0. The lowest BCUT2D eigenvalue weighted by Crippen LogP contribution is -2.26. The number of benzene rings is 3. The summed E-state index contributed by atoms with van der Waals surface area (Å²) in [4.78, 5) is 0. The molecule has 0 bridgehead atoms. The third-order valence-corrected chi connectivity index (χ3v) is 5.81. The maximum absolute atomic E-state index is 4.23. The van der Waals surface area contributed by atoms with Crippen molar-refractivity contribution in [3.63, 3.8) is 0 Å². The van der Waals surface area contributed by atoms with Crippen molar-refractivity contribution in [3.8, 4) is 11.1 Å². The second-order valence-electron chi connectivity index (χ2n) is 6.92. The van der Waals surface area contributed by atoms with E-state index in [1.165, 1.54) is 44.5 Å². The first-order valence-corrected chi connectivity index (χ1v) is 9.13. The van der Waals surface area contributed by atoms with Crippen molar-refractivity contribution >= 4 is 5.57 Å². The van der Waals surface area contributed by atoms with E-state index >= 15 is 0 Å². The standard InChI is InChI=1S/C26H20/c1-3-11-18-19-12-5-8-15-23(19)26(22(18)4-2)24-16-9-6-13-20(24)21-14-7-10-17-25(21)26/h3-17H,2H2,1H3/b11-3-. The number of rotatable bonds is 2. The lowest BCUT2D eigenvalue weighted by Gasteiger charge is -2.31. The molecule has 0 heteroatoms. The van der Waals surface area contributed by atoms with Crippen molar-refractivity contribution in [1.82, 2.24) is 0 Å². The third-order valence-electron chi connectivity index (χ3n) is 5.81.